The Morgan fingerprint density at radius 3 is 2.81 bits per heavy atom. The van der Waals surface area contributed by atoms with Crippen molar-refractivity contribution in [3.8, 4) is 0 Å². The Hall–Kier alpha value is -1.96. The van der Waals surface area contributed by atoms with Gasteiger partial charge in [-0.3, -0.25) is 9.69 Å². The van der Waals surface area contributed by atoms with Gasteiger partial charge in [0.2, 0.25) is 0 Å². The first-order valence-corrected chi connectivity index (χ1v) is 10.7. The Kier molecular flexibility index (Phi) is 4.38. The Morgan fingerprint density at radius 2 is 2.04 bits per heavy atom. The van der Waals surface area contributed by atoms with E-state index in [0.29, 0.717) is 11.4 Å². The van der Waals surface area contributed by atoms with Gasteiger partial charge in [0, 0.05) is 60.6 Å². The second kappa shape index (κ2) is 6.89. The molecule has 0 amide bonds. The molecule has 0 saturated carbocycles. The molecule has 1 aliphatic heterocycles. The number of hydrogen-bond donors (Lipinski definition) is 1. The van der Waals surface area contributed by atoms with E-state index in [1.807, 2.05) is 29.8 Å². The molecule has 1 fully saturated rings. The lowest BCUT2D eigenvalue weighted by molar-refractivity contribution is 0.183. The number of aromatic amines is 1. The molecule has 0 atom stereocenters. The molecule has 7 heteroatoms. The summed E-state index contributed by atoms with van der Waals surface area (Å²) in [4.78, 5) is 23.8. The van der Waals surface area contributed by atoms with Crippen LogP contribution in [0.25, 0.3) is 21.9 Å². The van der Waals surface area contributed by atoms with Crippen LogP contribution in [-0.4, -0.2) is 32.5 Å². The van der Waals surface area contributed by atoms with Gasteiger partial charge in [0.1, 0.15) is 5.65 Å². The van der Waals surface area contributed by atoms with E-state index in [9.17, 15) is 4.79 Å². The summed E-state index contributed by atoms with van der Waals surface area (Å²) in [6.07, 6.45) is 7.72. The third-order valence-electron chi connectivity index (χ3n) is 5.43. The zero-order valence-corrected chi connectivity index (χ0v) is 17.1. The summed E-state index contributed by atoms with van der Waals surface area (Å²) in [7, 11) is 0. The molecule has 4 aromatic rings. The molecule has 5 rings (SSSR count). The number of halogens is 1. The van der Waals surface area contributed by atoms with E-state index in [4.69, 9.17) is 0 Å². The third kappa shape index (κ3) is 3.13. The Morgan fingerprint density at radius 1 is 1.19 bits per heavy atom. The molecule has 4 aromatic heterocycles. The molecule has 27 heavy (non-hydrogen) atoms. The van der Waals surface area contributed by atoms with E-state index in [1.165, 1.54) is 8.66 Å². The van der Waals surface area contributed by atoms with Gasteiger partial charge in [-0.15, -0.1) is 11.3 Å². The molecule has 0 unspecified atom stereocenters. The molecule has 0 bridgehead atoms. The highest BCUT2D eigenvalue weighted by Crippen LogP contribution is 2.30. The maximum Gasteiger partial charge on any atom is 0.190 e. The summed E-state index contributed by atoms with van der Waals surface area (Å²) in [5.41, 5.74) is 1.88. The molecule has 1 saturated heterocycles. The van der Waals surface area contributed by atoms with Crippen LogP contribution in [0, 0.1) is 0 Å². The average Bonchev–Trinajstić information content (AvgIpc) is 3.31. The topological polar surface area (TPSA) is 53.9 Å². The fourth-order valence-electron chi connectivity index (χ4n) is 4.08. The molecule has 5 heterocycles. The number of thiophene rings is 1. The number of likely N-dealkylation sites (tertiary alicyclic amines) is 1. The van der Waals surface area contributed by atoms with Crippen LogP contribution in [0.3, 0.4) is 0 Å². The average molecular weight is 443 g/mol. The number of rotatable bonds is 3. The predicted molar refractivity (Wildman–Crippen MR) is 113 cm³/mol. The maximum absolute atomic E-state index is 12.4. The maximum atomic E-state index is 12.4. The second-order valence-electron chi connectivity index (χ2n) is 7.06. The van der Waals surface area contributed by atoms with E-state index < -0.39 is 0 Å². The van der Waals surface area contributed by atoms with Crippen molar-refractivity contribution < 1.29 is 0 Å². The molecule has 138 valence electrons. The number of aromatic nitrogens is 3. The highest BCUT2D eigenvalue weighted by Gasteiger charge is 2.22. The standard InChI is InChI=1S/C20H19BrN4OS/c21-18-2-1-14(27-18)12-24-8-4-13(5-9-24)25-10-6-17(26)16-11-23-20-15(19(16)25)3-7-22-20/h1-3,6-7,10-11,13H,4-5,8-9,12H2,(H,22,23). The van der Waals surface area contributed by atoms with Crippen molar-refractivity contribution in [3.05, 3.63) is 61.7 Å². The lowest BCUT2D eigenvalue weighted by Crippen LogP contribution is -2.34. The van der Waals surface area contributed by atoms with E-state index in [-0.39, 0.29) is 5.43 Å². The van der Waals surface area contributed by atoms with Gasteiger partial charge in [-0.1, -0.05) is 0 Å². The van der Waals surface area contributed by atoms with Gasteiger partial charge >= 0.3 is 0 Å². The normalized spacial score (nSPS) is 16.5. The number of pyridine rings is 2. The van der Waals surface area contributed by atoms with Gasteiger partial charge < -0.3 is 9.55 Å². The molecule has 5 nitrogen and oxygen atoms in total. The molecule has 0 aliphatic carbocycles. The van der Waals surface area contributed by atoms with Gasteiger partial charge in [-0.05, 0) is 47.0 Å². The number of nitrogens with one attached hydrogen (secondary N) is 1. The Bertz CT molecular complexity index is 1170. The summed E-state index contributed by atoms with van der Waals surface area (Å²) < 4.78 is 3.49. The van der Waals surface area contributed by atoms with Crippen LogP contribution in [0.2, 0.25) is 0 Å². The number of H-pyrrole nitrogens is 1. The van der Waals surface area contributed by atoms with Gasteiger partial charge in [-0.2, -0.15) is 0 Å². The van der Waals surface area contributed by atoms with Gasteiger partial charge in [-0.25, -0.2) is 4.98 Å². The summed E-state index contributed by atoms with van der Waals surface area (Å²) in [6, 6.07) is 8.42. The van der Waals surface area contributed by atoms with Gasteiger partial charge in [0.25, 0.3) is 0 Å². The molecule has 1 aliphatic rings. The van der Waals surface area contributed by atoms with E-state index >= 15 is 0 Å². The third-order valence-corrected chi connectivity index (χ3v) is 7.04. The monoisotopic (exact) mass is 442 g/mol. The van der Waals surface area contributed by atoms with Gasteiger partial charge in [0.15, 0.2) is 5.43 Å². The van der Waals surface area contributed by atoms with Crippen LogP contribution in [0.1, 0.15) is 23.8 Å². The van der Waals surface area contributed by atoms with Crippen molar-refractivity contribution in [2.75, 3.05) is 13.1 Å². The smallest absolute Gasteiger partial charge is 0.190 e. The van der Waals surface area contributed by atoms with Crippen molar-refractivity contribution in [1.82, 2.24) is 19.4 Å². The Labute approximate surface area is 168 Å². The quantitative estimate of drug-likeness (QED) is 0.506. The van der Waals surface area contributed by atoms with Crippen molar-refractivity contribution >= 4 is 49.2 Å². The number of fused-ring (bicyclic) bond motifs is 3. The Balaban J connectivity index is 1.44. The lowest BCUT2D eigenvalue weighted by atomic mass is 10.0. The first kappa shape index (κ1) is 17.2. The first-order valence-electron chi connectivity index (χ1n) is 9.12. The SMILES string of the molecule is O=c1ccn(C2CCN(Cc3ccc(Br)s3)CC2)c2c1cnc1[nH]ccc12. The zero-order valence-electron chi connectivity index (χ0n) is 14.7. The van der Waals surface area contributed by atoms with Crippen molar-refractivity contribution in [2.24, 2.45) is 0 Å². The molecule has 0 radical (unpaired) electrons. The number of nitrogens with zero attached hydrogens (tertiary/aromatic N) is 3. The van der Waals surface area contributed by atoms with Crippen LogP contribution in [0.15, 0.2) is 51.4 Å². The molecule has 0 spiro atoms. The van der Waals surface area contributed by atoms with E-state index in [0.717, 1.165) is 49.0 Å². The van der Waals surface area contributed by atoms with Crippen molar-refractivity contribution in [1.29, 1.82) is 0 Å². The minimum atomic E-state index is 0.0394. The summed E-state index contributed by atoms with van der Waals surface area (Å²) in [5, 5.41) is 1.73. The van der Waals surface area contributed by atoms with Crippen LogP contribution in [0.4, 0.5) is 0 Å². The first-order chi connectivity index (χ1) is 13.2. The molecule has 0 aromatic carbocycles. The largest absolute Gasteiger partial charge is 0.346 e. The van der Waals surface area contributed by atoms with Crippen LogP contribution in [-0.2, 0) is 6.54 Å². The second-order valence-corrected chi connectivity index (χ2v) is 9.61. The minimum Gasteiger partial charge on any atom is -0.346 e. The van der Waals surface area contributed by atoms with Crippen molar-refractivity contribution in [3.63, 3.8) is 0 Å². The lowest BCUT2D eigenvalue weighted by Gasteiger charge is -2.33. The zero-order chi connectivity index (χ0) is 18.4. The van der Waals surface area contributed by atoms with Crippen LogP contribution < -0.4 is 5.43 Å². The van der Waals surface area contributed by atoms with Gasteiger partial charge in [0.05, 0.1) is 14.7 Å². The van der Waals surface area contributed by atoms with E-state index in [1.54, 1.807) is 12.3 Å². The number of hydrogen-bond acceptors (Lipinski definition) is 4. The summed E-state index contributed by atoms with van der Waals surface area (Å²) in [5.74, 6) is 0. The summed E-state index contributed by atoms with van der Waals surface area (Å²) in [6.45, 7) is 3.14. The number of piperidine rings is 1. The molecular weight excluding hydrogens is 424 g/mol. The van der Waals surface area contributed by atoms with Crippen LogP contribution >= 0.6 is 27.3 Å². The molecular formula is C20H19BrN4OS. The van der Waals surface area contributed by atoms with Crippen LogP contribution in [0.5, 0.6) is 0 Å². The summed E-state index contributed by atoms with van der Waals surface area (Å²) >= 11 is 5.35. The minimum absolute atomic E-state index is 0.0394. The van der Waals surface area contributed by atoms with E-state index in [2.05, 4.69) is 47.5 Å². The van der Waals surface area contributed by atoms with Crippen molar-refractivity contribution in [2.45, 2.75) is 25.4 Å². The highest BCUT2D eigenvalue weighted by atomic mass is 79.9. The highest BCUT2D eigenvalue weighted by molar-refractivity contribution is 9.11. The predicted octanol–water partition coefficient (Wildman–Crippen LogP) is 4.54. The fourth-order valence-corrected chi connectivity index (χ4v) is 5.61. The molecule has 1 N–H and O–H groups in total. The fraction of sp³-hybridized carbons (Fsp3) is 0.300.